The van der Waals surface area contributed by atoms with E-state index in [4.69, 9.17) is 0 Å². The fourth-order valence-electron chi connectivity index (χ4n) is 2.87. The van der Waals surface area contributed by atoms with E-state index in [1.807, 2.05) is 12.3 Å². The van der Waals surface area contributed by atoms with Crippen LogP contribution in [0.15, 0.2) is 35.8 Å². The van der Waals surface area contributed by atoms with Crippen molar-refractivity contribution in [2.75, 3.05) is 41.6 Å². The Bertz CT molecular complexity index is 845. The largest absolute Gasteiger partial charge is 0.345 e. The van der Waals surface area contributed by atoms with Gasteiger partial charge < -0.3 is 9.80 Å². The molecule has 1 aromatic carbocycles. The number of carbonyl (C=O) groups is 1. The molecular weight excluding hydrogens is 372 g/mol. The third-order valence-corrected chi connectivity index (χ3v) is 6.44. The Morgan fingerprint density at radius 2 is 2.04 bits per heavy atom. The lowest BCUT2D eigenvalue weighted by Gasteiger charge is -2.34. The fourth-order valence-corrected chi connectivity index (χ4v) is 4.69. The van der Waals surface area contributed by atoms with Crippen molar-refractivity contribution >= 4 is 38.1 Å². The summed E-state index contributed by atoms with van der Waals surface area (Å²) in [5.74, 6) is -0.0236. The molecule has 1 fully saturated rings. The molecule has 0 atom stereocenters. The third-order valence-electron chi connectivity index (χ3n) is 4.11. The maximum Gasteiger partial charge on any atom is 0.254 e. The summed E-state index contributed by atoms with van der Waals surface area (Å²) in [5.41, 5.74) is 0.912. The van der Waals surface area contributed by atoms with Gasteiger partial charge in [0.2, 0.25) is 10.0 Å². The summed E-state index contributed by atoms with van der Waals surface area (Å²) in [6, 6.07) is 6.67. The van der Waals surface area contributed by atoms with Crippen LogP contribution in [0.3, 0.4) is 0 Å². The molecule has 9 heteroatoms. The van der Waals surface area contributed by atoms with Crippen molar-refractivity contribution in [3.05, 3.63) is 41.4 Å². The van der Waals surface area contributed by atoms with Gasteiger partial charge >= 0.3 is 0 Å². The minimum atomic E-state index is -3.37. The molecule has 0 aliphatic carbocycles. The lowest BCUT2D eigenvalue weighted by molar-refractivity contribution is 0.0747. The number of rotatable bonds is 6. The van der Waals surface area contributed by atoms with Gasteiger partial charge in [0.05, 0.1) is 5.75 Å². The zero-order chi connectivity index (χ0) is 18.6. The second kappa shape index (κ2) is 8.05. The van der Waals surface area contributed by atoms with Gasteiger partial charge in [-0.1, -0.05) is 13.0 Å². The molecule has 1 aliphatic rings. The summed E-state index contributed by atoms with van der Waals surface area (Å²) in [5, 5.41) is 2.92. The lowest BCUT2D eigenvalue weighted by Crippen LogP contribution is -2.48. The fraction of sp³-hybridized carbons (Fsp3) is 0.412. The highest BCUT2D eigenvalue weighted by Crippen LogP contribution is 2.20. The summed E-state index contributed by atoms with van der Waals surface area (Å²) in [4.78, 5) is 21.0. The number of aromatic nitrogens is 1. The summed E-state index contributed by atoms with van der Waals surface area (Å²) in [6.45, 7) is 4.52. The van der Waals surface area contributed by atoms with Crippen LogP contribution in [0.5, 0.6) is 0 Å². The van der Waals surface area contributed by atoms with Crippen LogP contribution in [0, 0.1) is 0 Å². The van der Waals surface area contributed by atoms with E-state index in [-0.39, 0.29) is 11.7 Å². The molecule has 0 unspecified atom stereocenters. The Labute approximate surface area is 157 Å². The van der Waals surface area contributed by atoms with Crippen LogP contribution in [0.1, 0.15) is 23.7 Å². The quantitative estimate of drug-likeness (QED) is 0.813. The van der Waals surface area contributed by atoms with Gasteiger partial charge in [0.25, 0.3) is 5.91 Å². The van der Waals surface area contributed by atoms with E-state index < -0.39 is 10.0 Å². The average Bonchev–Trinajstić information content (AvgIpc) is 3.15. The molecule has 26 heavy (non-hydrogen) atoms. The van der Waals surface area contributed by atoms with Crippen LogP contribution in [0.2, 0.25) is 0 Å². The number of nitrogens with zero attached hydrogens (tertiary/aromatic N) is 3. The van der Waals surface area contributed by atoms with E-state index in [0.717, 1.165) is 18.2 Å². The highest BCUT2D eigenvalue weighted by molar-refractivity contribution is 7.92. The minimum absolute atomic E-state index is 0.0594. The number of sulfonamides is 1. The van der Waals surface area contributed by atoms with Crippen LogP contribution in [-0.4, -0.2) is 56.1 Å². The first-order chi connectivity index (χ1) is 12.5. The first-order valence-corrected chi connectivity index (χ1v) is 11.1. The number of benzene rings is 1. The summed E-state index contributed by atoms with van der Waals surface area (Å²) < 4.78 is 26.4. The van der Waals surface area contributed by atoms with Crippen molar-refractivity contribution in [3.63, 3.8) is 0 Å². The van der Waals surface area contributed by atoms with Crippen molar-refractivity contribution in [2.45, 2.75) is 13.3 Å². The molecule has 1 amide bonds. The topological polar surface area (TPSA) is 82.6 Å². The molecule has 1 saturated heterocycles. The molecule has 140 valence electrons. The van der Waals surface area contributed by atoms with Gasteiger partial charge in [0.1, 0.15) is 0 Å². The second-order valence-electron chi connectivity index (χ2n) is 6.10. The van der Waals surface area contributed by atoms with Gasteiger partial charge in [0.15, 0.2) is 5.13 Å². The monoisotopic (exact) mass is 394 g/mol. The second-order valence-corrected chi connectivity index (χ2v) is 8.81. The van der Waals surface area contributed by atoms with Crippen LogP contribution in [0.4, 0.5) is 10.8 Å². The van der Waals surface area contributed by atoms with E-state index >= 15 is 0 Å². The molecule has 7 nitrogen and oxygen atoms in total. The maximum absolute atomic E-state index is 12.8. The van der Waals surface area contributed by atoms with Gasteiger partial charge in [-0.2, -0.15) is 0 Å². The van der Waals surface area contributed by atoms with E-state index in [9.17, 15) is 13.2 Å². The Balaban J connectivity index is 1.64. The van der Waals surface area contributed by atoms with Crippen LogP contribution in [-0.2, 0) is 10.0 Å². The first kappa shape index (κ1) is 18.7. The number of hydrogen-bond donors (Lipinski definition) is 1. The van der Waals surface area contributed by atoms with Crippen molar-refractivity contribution in [3.8, 4) is 0 Å². The highest BCUT2D eigenvalue weighted by atomic mass is 32.2. The molecule has 1 aromatic heterocycles. The highest BCUT2D eigenvalue weighted by Gasteiger charge is 2.23. The Kier molecular flexibility index (Phi) is 5.77. The predicted molar refractivity (Wildman–Crippen MR) is 104 cm³/mol. The van der Waals surface area contributed by atoms with Crippen molar-refractivity contribution in [1.82, 2.24) is 9.88 Å². The molecule has 1 N–H and O–H groups in total. The van der Waals surface area contributed by atoms with Gasteiger partial charge in [-0.3, -0.25) is 9.52 Å². The van der Waals surface area contributed by atoms with Crippen molar-refractivity contribution in [1.29, 1.82) is 0 Å². The van der Waals surface area contributed by atoms with Crippen LogP contribution in [0.25, 0.3) is 0 Å². The molecule has 0 saturated carbocycles. The summed E-state index contributed by atoms with van der Waals surface area (Å²) in [6.07, 6.45) is 2.32. The number of amides is 1. The van der Waals surface area contributed by atoms with Gasteiger partial charge in [-0.25, -0.2) is 13.4 Å². The van der Waals surface area contributed by atoms with E-state index in [0.29, 0.717) is 30.8 Å². The molecule has 0 bridgehead atoms. The Hall–Kier alpha value is -2.13. The molecule has 0 spiro atoms. The first-order valence-electron chi connectivity index (χ1n) is 8.53. The predicted octanol–water partition coefficient (Wildman–Crippen LogP) is 2.26. The maximum atomic E-state index is 12.8. The number of nitrogens with one attached hydrogen (secondary N) is 1. The van der Waals surface area contributed by atoms with Gasteiger partial charge in [-0.15, -0.1) is 11.3 Å². The molecular formula is C17H22N4O3S2. The molecule has 3 rings (SSSR count). The van der Waals surface area contributed by atoms with Gasteiger partial charge in [-0.05, 0) is 24.6 Å². The lowest BCUT2D eigenvalue weighted by atomic mass is 10.1. The zero-order valence-electron chi connectivity index (χ0n) is 14.6. The van der Waals surface area contributed by atoms with Crippen molar-refractivity contribution < 1.29 is 13.2 Å². The van der Waals surface area contributed by atoms with E-state index in [2.05, 4.69) is 14.6 Å². The van der Waals surface area contributed by atoms with Crippen LogP contribution >= 0.6 is 11.3 Å². The van der Waals surface area contributed by atoms with Gasteiger partial charge in [0, 0.05) is 49.0 Å². The third kappa shape index (κ3) is 4.53. The number of anilines is 2. The summed E-state index contributed by atoms with van der Waals surface area (Å²) in [7, 11) is -3.37. The summed E-state index contributed by atoms with van der Waals surface area (Å²) >= 11 is 1.59. The normalized spacial score (nSPS) is 15.1. The van der Waals surface area contributed by atoms with E-state index in [1.54, 1.807) is 46.7 Å². The Morgan fingerprint density at radius 3 is 2.69 bits per heavy atom. The minimum Gasteiger partial charge on any atom is -0.345 e. The molecule has 1 aliphatic heterocycles. The molecule has 2 aromatic rings. The number of piperazine rings is 1. The molecule has 0 radical (unpaired) electrons. The smallest absolute Gasteiger partial charge is 0.254 e. The SMILES string of the molecule is CCCS(=O)(=O)Nc1cccc(C(=O)N2CCN(c3nccs3)CC2)c1. The number of hydrogen-bond acceptors (Lipinski definition) is 6. The van der Waals surface area contributed by atoms with Crippen LogP contribution < -0.4 is 9.62 Å². The average molecular weight is 395 g/mol. The number of carbonyl (C=O) groups excluding carboxylic acids is 1. The van der Waals surface area contributed by atoms with E-state index in [1.165, 1.54) is 0 Å². The number of thiazole rings is 1. The standard InChI is InChI=1S/C17H22N4O3S2/c1-2-12-26(23,24)19-15-5-3-4-14(13-15)16(22)20-7-9-21(10-8-20)17-18-6-11-25-17/h3-6,11,13,19H,2,7-10,12H2,1H3. The van der Waals surface area contributed by atoms with Crippen molar-refractivity contribution in [2.24, 2.45) is 0 Å². The Morgan fingerprint density at radius 1 is 1.27 bits per heavy atom. The molecule has 2 heterocycles. The zero-order valence-corrected chi connectivity index (χ0v) is 16.2.